The van der Waals surface area contributed by atoms with Crippen molar-refractivity contribution in [2.45, 2.75) is 6.54 Å². The SMILES string of the molecule is C=CCn1c(=NC(=O)c2ccccc2[N+](=O)[O-])sc2c3ccccc3ccc21. The zero-order valence-corrected chi connectivity index (χ0v) is 15.6. The summed E-state index contributed by atoms with van der Waals surface area (Å²) < 4.78 is 2.90. The molecule has 0 fully saturated rings. The lowest BCUT2D eigenvalue weighted by atomic mass is 10.1. The Morgan fingerprint density at radius 1 is 1.14 bits per heavy atom. The van der Waals surface area contributed by atoms with Gasteiger partial charge in [0.05, 0.1) is 15.1 Å². The molecule has 4 rings (SSSR count). The fraction of sp³-hybridized carbons (Fsp3) is 0.0476. The number of thiazole rings is 1. The normalized spacial score (nSPS) is 11.8. The Hall–Kier alpha value is -3.58. The number of nitro groups is 1. The molecule has 0 saturated heterocycles. The summed E-state index contributed by atoms with van der Waals surface area (Å²) in [5.74, 6) is -0.638. The van der Waals surface area contributed by atoms with Crippen LogP contribution in [0.1, 0.15) is 10.4 Å². The average molecular weight is 389 g/mol. The van der Waals surface area contributed by atoms with Crippen LogP contribution in [0, 0.1) is 10.1 Å². The third kappa shape index (κ3) is 3.01. The van der Waals surface area contributed by atoms with Gasteiger partial charge < -0.3 is 4.57 Å². The molecule has 0 atom stereocenters. The minimum atomic E-state index is -0.638. The van der Waals surface area contributed by atoms with E-state index in [4.69, 9.17) is 0 Å². The van der Waals surface area contributed by atoms with Crippen molar-refractivity contribution >= 4 is 43.9 Å². The fourth-order valence-electron chi connectivity index (χ4n) is 3.15. The molecule has 0 radical (unpaired) electrons. The zero-order chi connectivity index (χ0) is 19.7. The quantitative estimate of drug-likeness (QED) is 0.289. The Morgan fingerprint density at radius 3 is 2.68 bits per heavy atom. The lowest BCUT2D eigenvalue weighted by Gasteiger charge is -2.03. The van der Waals surface area contributed by atoms with Gasteiger partial charge >= 0.3 is 0 Å². The highest BCUT2D eigenvalue weighted by Gasteiger charge is 2.19. The molecule has 28 heavy (non-hydrogen) atoms. The standard InChI is InChI=1S/C21H15N3O3S/c1-2-13-23-18-12-11-14-7-3-4-8-15(14)19(18)28-21(23)22-20(25)16-9-5-6-10-17(16)24(26)27/h2-12H,1,13H2. The van der Waals surface area contributed by atoms with Crippen molar-refractivity contribution < 1.29 is 9.72 Å². The maximum atomic E-state index is 12.7. The molecule has 138 valence electrons. The van der Waals surface area contributed by atoms with Crippen molar-refractivity contribution in [3.8, 4) is 0 Å². The van der Waals surface area contributed by atoms with E-state index >= 15 is 0 Å². The Morgan fingerprint density at radius 2 is 1.89 bits per heavy atom. The van der Waals surface area contributed by atoms with Gasteiger partial charge in [0.15, 0.2) is 4.80 Å². The lowest BCUT2D eigenvalue weighted by Crippen LogP contribution is -2.16. The Balaban J connectivity index is 1.96. The third-order valence-electron chi connectivity index (χ3n) is 4.41. The molecule has 0 N–H and O–H groups in total. The van der Waals surface area contributed by atoms with Gasteiger partial charge in [0.1, 0.15) is 5.56 Å². The third-order valence-corrected chi connectivity index (χ3v) is 5.54. The fourth-order valence-corrected chi connectivity index (χ4v) is 4.32. The van der Waals surface area contributed by atoms with Crippen molar-refractivity contribution in [1.29, 1.82) is 0 Å². The van der Waals surface area contributed by atoms with Crippen LogP contribution >= 0.6 is 11.3 Å². The van der Waals surface area contributed by atoms with Gasteiger partial charge in [-0.25, -0.2) is 0 Å². The van der Waals surface area contributed by atoms with E-state index in [0.717, 1.165) is 21.0 Å². The molecule has 4 aromatic rings. The van der Waals surface area contributed by atoms with Gasteiger partial charge in [-0.1, -0.05) is 59.9 Å². The van der Waals surface area contributed by atoms with Crippen molar-refractivity contribution in [2.75, 3.05) is 0 Å². The van der Waals surface area contributed by atoms with Gasteiger partial charge in [0.25, 0.3) is 11.6 Å². The van der Waals surface area contributed by atoms with Gasteiger partial charge in [-0.3, -0.25) is 14.9 Å². The second kappa shape index (κ2) is 7.21. The van der Waals surface area contributed by atoms with Crippen LogP contribution in [0.15, 0.2) is 78.3 Å². The number of allylic oxidation sites excluding steroid dienone is 1. The van der Waals surface area contributed by atoms with E-state index in [9.17, 15) is 14.9 Å². The Bertz CT molecular complexity index is 1320. The molecule has 0 bridgehead atoms. The first-order valence-corrected chi connectivity index (χ1v) is 9.36. The van der Waals surface area contributed by atoms with E-state index in [-0.39, 0.29) is 11.3 Å². The molecule has 1 aromatic heterocycles. The van der Waals surface area contributed by atoms with Crippen LogP contribution < -0.4 is 4.80 Å². The highest BCUT2D eigenvalue weighted by molar-refractivity contribution is 7.17. The molecule has 0 spiro atoms. The molecule has 1 amide bonds. The van der Waals surface area contributed by atoms with Crippen molar-refractivity contribution in [3.05, 3.63) is 93.8 Å². The van der Waals surface area contributed by atoms with E-state index < -0.39 is 10.8 Å². The van der Waals surface area contributed by atoms with Crippen LogP contribution in [0.2, 0.25) is 0 Å². The molecular weight excluding hydrogens is 374 g/mol. The summed E-state index contributed by atoms with van der Waals surface area (Å²) in [7, 11) is 0. The topological polar surface area (TPSA) is 77.5 Å². The van der Waals surface area contributed by atoms with Gasteiger partial charge in [-0.2, -0.15) is 4.99 Å². The first-order valence-electron chi connectivity index (χ1n) is 8.54. The van der Waals surface area contributed by atoms with Gasteiger partial charge in [-0.15, -0.1) is 6.58 Å². The summed E-state index contributed by atoms with van der Waals surface area (Å²) in [5, 5.41) is 13.4. The maximum Gasteiger partial charge on any atom is 0.286 e. The number of rotatable bonds is 4. The van der Waals surface area contributed by atoms with E-state index in [1.807, 2.05) is 41.0 Å². The van der Waals surface area contributed by atoms with Crippen LogP contribution in [0.5, 0.6) is 0 Å². The number of fused-ring (bicyclic) bond motifs is 3. The summed E-state index contributed by atoms with van der Waals surface area (Å²) in [4.78, 5) is 28.1. The number of hydrogen-bond acceptors (Lipinski definition) is 4. The Kier molecular flexibility index (Phi) is 4.58. The highest BCUT2D eigenvalue weighted by Crippen LogP contribution is 2.28. The number of nitro benzene ring substituents is 1. The van der Waals surface area contributed by atoms with Crippen LogP contribution in [0.25, 0.3) is 21.0 Å². The van der Waals surface area contributed by atoms with Crippen molar-refractivity contribution in [3.63, 3.8) is 0 Å². The monoisotopic (exact) mass is 389 g/mol. The second-order valence-corrected chi connectivity index (χ2v) is 7.09. The van der Waals surface area contributed by atoms with Crippen LogP contribution in [-0.2, 0) is 6.54 Å². The van der Waals surface area contributed by atoms with Gasteiger partial charge in [0.2, 0.25) is 0 Å². The molecule has 0 aliphatic heterocycles. The van der Waals surface area contributed by atoms with Crippen molar-refractivity contribution in [2.24, 2.45) is 4.99 Å². The molecule has 3 aromatic carbocycles. The lowest BCUT2D eigenvalue weighted by molar-refractivity contribution is -0.385. The molecule has 0 unspecified atom stereocenters. The second-order valence-electron chi connectivity index (χ2n) is 6.11. The number of amides is 1. The van der Waals surface area contributed by atoms with Crippen LogP contribution in [0.3, 0.4) is 0 Å². The molecule has 0 aliphatic rings. The van der Waals surface area contributed by atoms with E-state index in [1.165, 1.54) is 29.5 Å². The molecule has 7 heteroatoms. The van der Waals surface area contributed by atoms with Crippen LogP contribution in [-0.4, -0.2) is 15.4 Å². The first-order chi connectivity index (χ1) is 13.6. The summed E-state index contributed by atoms with van der Waals surface area (Å²) in [6, 6.07) is 17.9. The Labute approximate surface area is 163 Å². The smallest absolute Gasteiger partial charge is 0.286 e. The summed E-state index contributed by atoms with van der Waals surface area (Å²) in [6.45, 7) is 4.26. The zero-order valence-electron chi connectivity index (χ0n) is 14.7. The summed E-state index contributed by atoms with van der Waals surface area (Å²) in [6.07, 6.45) is 1.73. The van der Waals surface area contributed by atoms with Gasteiger partial charge in [-0.05, 0) is 17.5 Å². The van der Waals surface area contributed by atoms with Crippen molar-refractivity contribution in [1.82, 2.24) is 4.57 Å². The first kappa shape index (κ1) is 17.8. The van der Waals surface area contributed by atoms with Crippen LogP contribution in [0.4, 0.5) is 5.69 Å². The number of nitrogens with zero attached hydrogens (tertiary/aromatic N) is 3. The number of para-hydroxylation sites is 1. The van der Waals surface area contributed by atoms with E-state index in [2.05, 4.69) is 11.6 Å². The molecule has 0 aliphatic carbocycles. The number of carbonyl (C=O) groups excluding carboxylic acids is 1. The minimum Gasteiger partial charge on any atom is -0.312 e. The average Bonchev–Trinajstić information content (AvgIpc) is 3.06. The number of aromatic nitrogens is 1. The number of benzene rings is 3. The largest absolute Gasteiger partial charge is 0.312 e. The number of hydrogen-bond donors (Lipinski definition) is 0. The summed E-state index contributed by atoms with van der Waals surface area (Å²) in [5.41, 5.74) is 0.663. The summed E-state index contributed by atoms with van der Waals surface area (Å²) >= 11 is 1.39. The van der Waals surface area contributed by atoms with E-state index in [0.29, 0.717) is 11.3 Å². The molecule has 1 heterocycles. The predicted molar refractivity (Wildman–Crippen MR) is 111 cm³/mol. The maximum absolute atomic E-state index is 12.7. The van der Waals surface area contributed by atoms with Gasteiger partial charge in [0, 0.05) is 18.0 Å². The predicted octanol–water partition coefficient (Wildman–Crippen LogP) is 4.69. The molecule has 6 nitrogen and oxygen atoms in total. The molecule has 0 saturated carbocycles. The molecular formula is C21H15N3O3S. The highest BCUT2D eigenvalue weighted by atomic mass is 32.1. The number of carbonyl (C=O) groups is 1. The minimum absolute atomic E-state index is 0.0278. The van der Waals surface area contributed by atoms with E-state index in [1.54, 1.807) is 12.1 Å².